The van der Waals surface area contributed by atoms with Gasteiger partial charge in [0.1, 0.15) is 0 Å². The third kappa shape index (κ3) is 3.23. The lowest BCUT2D eigenvalue weighted by Gasteiger charge is -2.18. The normalized spacial score (nSPS) is 22.6. The molecule has 3 atom stereocenters. The summed E-state index contributed by atoms with van der Waals surface area (Å²) in [6, 6.07) is 2.11. The van der Waals surface area contributed by atoms with E-state index in [1.54, 1.807) is 22.2 Å². The van der Waals surface area contributed by atoms with Gasteiger partial charge in [-0.25, -0.2) is 0 Å². The van der Waals surface area contributed by atoms with Gasteiger partial charge in [0, 0.05) is 32.0 Å². The summed E-state index contributed by atoms with van der Waals surface area (Å²) in [7, 11) is 1.87. The molecule has 5 nitrogen and oxygen atoms in total. The number of ether oxygens (including phenoxy) is 1. The molecule has 0 bridgehead atoms. The van der Waals surface area contributed by atoms with Gasteiger partial charge in [-0.3, -0.25) is 9.48 Å². The zero-order valence-electron chi connectivity index (χ0n) is 12.9. The summed E-state index contributed by atoms with van der Waals surface area (Å²) in [4.78, 5) is 12.5. The Morgan fingerprint density at radius 3 is 3.18 bits per heavy atom. The molecule has 1 saturated heterocycles. The molecule has 1 amide bonds. The van der Waals surface area contributed by atoms with Gasteiger partial charge < -0.3 is 10.1 Å². The van der Waals surface area contributed by atoms with Crippen LogP contribution in [0.25, 0.3) is 0 Å². The minimum Gasteiger partial charge on any atom is -0.373 e. The van der Waals surface area contributed by atoms with Crippen molar-refractivity contribution < 1.29 is 9.53 Å². The van der Waals surface area contributed by atoms with E-state index in [1.165, 1.54) is 5.56 Å². The summed E-state index contributed by atoms with van der Waals surface area (Å²) in [5, 5.41) is 11.4. The molecule has 3 heterocycles. The zero-order chi connectivity index (χ0) is 15.5. The number of nitrogens with one attached hydrogen (secondary N) is 1. The molecule has 2 aromatic rings. The molecule has 1 aliphatic rings. The number of hydrogen-bond donors (Lipinski definition) is 1. The predicted octanol–water partition coefficient (Wildman–Crippen LogP) is 2.48. The number of carbonyl (C=O) groups is 1. The summed E-state index contributed by atoms with van der Waals surface area (Å²) in [6.45, 7) is 3.41. The minimum absolute atomic E-state index is 0.0773. The lowest BCUT2D eigenvalue weighted by molar-refractivity contribution is -0.126. The molecule has 2 aromatic heterocycles. The maximum absolute atomic E-state index is 12.5. The molecule has 0 radical (unpaired) electrons. The van der Waals surface area contributed by atoms with Crippen molar-refractivity contribution in [2.75, 3.05) is 13.2 Å². The Labute approximate surface area is 134 Å². The topological polar surface area (TPSA) is 56.1 Å². The van der Waals surface area contributed by atoms with Crippen LogP contribution >= 0.6 is 11.3 Å². The van der Waals surface area contributed by atoms with Crippen LogP contribution in [0.1, 0.15) is 36.5 Å². The van der Waals surface area contributed by atoms with Gasteiger partial charge in [0.05, 0.1) is 18.2 Å². The van der Waals surface area contributed by atoms with Crippen LogP contribution in [0.2, 0.25) is 0 Å². The van der Waals surface area contributed by atoms with Crippen molar-refractivity contribution in [2.24, 2.45) is 13.0 Å². The van der Waals surface area contributed by atoms with Gasteiger partial charge in [-0.15, -0.1) is 0 Å². The van der Waals surface area contributed by atoms with Crippen molar-refractivity contribution in [1.29, 1.82) is 0 Å². The average Bonchev–Trinajstić information content (AvgIpc) is 3.23. The van der Waals surface area contributed by atoms with E-state index >= 15 is 0 Å². The van der Waals surface area contributed by atoms with Gasteiger partial charge in [0.15, 0.2) is 0 Å². The van der Waals surface area contributed by atoms with Gasteiger partial charge in [0.25, 0.3) is 0 Å². The summed E-state index contributed by atoms with van der Waals surface area (Å²) >= 11 is 1.69. The van der Waals surface area contributed by atoms with Gasteiger partial charge in [-0.1, -0.05) is 6.92 Å². The van der Waals surface area contributed by atoms with Crippen molar-refractivity contribution in [1.82, 2.24) is 15.1 Å². The zero-order valence-corrected chi connectivity index (χ0v) is 13.7. The number of thiophene rings is 1. The SMILES string of the molecule is CC(CNC(=O)[C@H]1CCO[C@@H]1c1cnn(C)c1)c1ccsc1. The molecular weight excluding hydrogens is 298 g/mol. The highest BCUT2D eigenvalue weighted by molar-refractivity contribution is 7.07. The van der Waals surface area contributed by atoms with E-state index in [2.05, 4.69) is 34.2 Å². The van der Waals surface area contributed by atoms with Crippen molar-refractivity contribution in [3.63, 3.8) is 0 Å². The minimum atomic E-state index is -0.176. The highest BCUT2D eigenvalue weighted by Crippen LogP contribution is 2.34. The first-order chi connectivity index (χ1) is 10.6. The first-order valence-corrected chi connectivity index (χ1v) is 8.49. The standard InChI is InChI=1S/C16H21N3O2S/c1-11(12-4-6-22-10-12)7-17-16(20)14-3-5-21-15(14)13-8-18-19(2)9-13/h4,6,8-11,14-15H,3,5,7H2,1-2H3,(H,17,20)/t11?,14-,15+/m0/s1. The Morgan fingerprint density at radius 2 is 2.50 bits per heavy atom. The fraction of sp³-hybridized carbons (Fsp3) is 0.500. The third-order valence-corrected chi connectivity index (χ3v) is 4.88. The Hall–Kier alpha value is -1.66. The van der Waals surface area contributed by atoms with Gasteiger partial charge in [-0.05, 0) is 34.7 Å². The van der Waals surface area contributed by atoms with Crippen molar-refractivity contribution in [2.45, 2.75) is 25.4 Å². The van der Waals surface area contributed by atoms with Crippen LogP contribution in [0.15, 0.2) is 29.2 Å². The van der Waals surface area contributed by atoms with Crippen molar-refractivity contribution in [3.8, 4) is 0 Å². The van der Waals surface area contributed by atoms with Crippen LogP contribution in [0, 0.1) is 5.92 Å². The van der Waals surface area contributed by atoms with Crippen LogP contribution in [-0.2, 0) is 16.6 Å². The number of aryl methyl sites for hydroxylation is 1. The van der Waals surface area contributed by atoms with Crippen molar-refractivity contribution >= 4 is 17.2 Å². The van der Waals surface area contributed by atoms with Gasteiger partial charge in [0.2, 0.25) is 5.91 Å². The van der Waals surface area contributed by atoms with Crippen LogP contribution in [0.5, 0.6) is 0 Å². The lowest BCUT2D eigenvalue weighted by atomic mass is 9.96. The summed E-state index contributed by atoms with van der Waals surface area (Å²) in [5.74, 6) is 0.279. The molecule has 0 spiro atoms. The monoisotopic (exact) mass is 319 g/mol. The second-order valence-electron chi connectivity index (χ2n) is 5.84. The molecule has 22 heavy (non-hydrogen) atoms. The van der Waals surface area contributed by atoms with E-state index < -0.39 is 0 Å². The Balaban J connectivity index is 1.59. The highest BCUT2D eigenvalue weighted by Gasteiger charge is 2.35. The van der Waals surface area contributed by atoms with E-state index in [-0.39, 0.29) is 17.9 Å². The van der Waals surface area contributed by atoms with Crippen molar-refractivity contribution in [3.05, 3.63) is 40.3 Å². The first-order valence-electron chi connectivity index (χ1n) is 7.55. The van der Waals surface area contributed by atoms with E-state index in [0.29, 0.717) is 19.1 Å². The largest absolute Gasteiger partial charge is 0.373 e. The molecule has 0 aromatic carbocycles. The number of hydrogen-bond acceptors (Lipinski definition) is 4. The Bertz CT molecular complexity index is 623. The Morgan fingerprint density at radius 1 is 1.64 bits per heavy atom. The van der Waals surface area contributed by atoms with Gasteiger partial charge >= 0.3 is 0 Å². The second kappa shape index (κ2) is 6.62. The Kier molecular flexibility index (Phi) is 4.59. The van der Waals surface area contributed by atoms with Crippen LogP contribution in [-0.4, -0.2) is 28.8 Å². The average molecular weight is 319 g/mol. The fourth-order valence-electron chi connectivity index (χ4n) is 2.83. The molecule has 1 unspecified atom stereocenters. The predicted molar refractivity (Wildman–Crippen MR) is 85.8 cm³/mol. The smallest absolute Gasteiger partial charge is 0.226 e. The molecule has 118 valence electrons. The second-order valence-corrected chi connectivity index (χ2v) is 6.62. The van der Waals surface area contributed by atoms with Crippen LogP contribution in [0.4, 0.5) is 0 Å². The number of rotatable bonds is 5. The van der Waals surface area contributed by atoms with E-state index in [0.717, 1.165) is 12.0 Å². The van der Waals surface area contributed by atoms with E-state index in [1.807, 2.05) is 13.2 Å². The molecule has 1 fully saturated rings. The number of carbonyl (C=O) groups excluding carboxylic acids is 1. The highest BCUT2D eigenvalue weighted by atomic mass is 32.1. The molecule has 0 aliphatic carbocycles. The van der Waals surface area contributed by atoms with E-state index in [4.69, 9.17) is 4.74 Å². The van der Waals surface area contributed by atoms with Crippen LogP contribution in [0.3, 0.4) is 0 Å². The molecule has 6 heteroatoms. The molecule has 1 N–H and O–H groups in total. The van der Waals surface area contributed by atoms with Gasteiger partial charge in [-0.2, -0.15) is 16.4 Å². The maximum atomic E-state index is 12.5. The molecular formula is C16H21N3O2S. The lowest BCUT2D eigenvalue weighted by Crippen LogP contribution is -2.34. The first kappa shape index (κ1) is 15.2. The van der Waals surface area contributed by atoms with E-state index in [9.17, 15) is 4.79 Å². The summed E-state index contributed by atoms with van der Waals surface area (Å²) in [6.07, 6.45) is 4.29. The fourth-order valence-corrected chi connectivity index (χ4v) is 3.61. The number of aromatic nitrogens is 2. The quantitative estimate of drug-likeness (QED) is 0.921. The number of amides is 1. The third-order valence-electron chi connectivity index (χ3n) is 4.18. The summed E-state index contributed by atoms with van der Waals surface area (Å²) in [5.41, 5.74) is 2.25. The maximum Gasteiger partial charge on any atom is 0.226 e. The number of nitrogens with zero attached hydrogens (tertiary/aromatic N) is 2. The summed E-state index contributed by atoms with van der Waals surface area (Å²) < 4.78 is 7.49. The molecule has 3 rings (SSSR count). The molecule has 0 saturated carbocycles. The molecule has 1 aliphatic heterocycles. The van der Waals surface area contributed by atoms with Crippen LogP contribution < -0.4 is 5.32 Å².